The number of alkyl halides is 3. The van der Waals surface area contributed by atoms with Crippen LogP contribution in [0.1, 0.15) is 66.2 Å². The van der Waals surface area contributed by atoms with Gasteiger partial charge in [-0.3, -0.25) is 4.72 Å². The number of fused-ring (bicyclic) bond motifs is 2. The first-order chi connectivity index (χ1) is 14.8. The molecule has 0 saturated heterocycles. The number of nitrogens with one attached hydrogen (secondary N) is 2. The van der Waals surface area contributed by atoms with E-state index in [1.165, 1.54) is 18.9 Å². The number of hydrogen-bond donors (Lipinski definition) is 3. The van der Waals surface area contributed by atoms with E-state index in [1.54, 1.807) is 19.9 Å². The highest BCUT2D eigenvalue weighted by atomic mass is 32.2. The molecule has 3 aliphatic rings. The van der Waals surface area contributed by atoms with Crippen LogP contribution >= 0.6 is 11.9 Å². The maximum atomic E-state index is 12.9. The minimum absolute atomic E-state index is 0.397. The van der Waals surface area contributed by atoms with Crippen LogP contribution in [-0.4, -0.2) is 47.0 Å². The summed E-state index contributed by atoms with van der Waals surface area (Å²) in [5.74, 6) is 2.24. The van der Waals surface area contributed by atoms with E-state index in [1.807, 2.05) is 6.92 Å². The van der Waals surface area contributed by atoms with Crippen molar-refractivity contribution in [2.75, 3.05) is 7.05 Å². The zero-order valence-corrected chi connectivity index (χ0v) is 20.7. The molecule has 0 aromatic rings. The molecule has 6 atom stereocenters. The summed E-state index contributed by atoms with van der Waals surface area (Å²) in [6.07, 6.45) is 6.23. The molecule has 2 fully saturated rings. The number of aliphatic hydroxyl groups is 1. The highest BCUT2D eigenvalue weighted by Crippen LogP contribution is 2.46. The van der Waals surface area contributed by atoms with Crippen molar-refractivity contribution >= 4 is 18.2 Å². The molecular weight excluding hydrogens is 437 g/mol. The van der Waals surface area contributed by atoms with E-state index in [4.69, 9.17) is 0 Å². The molecular formula is C24H39F3N2O2S. The Hall–Kier alpha value is -0.830. The second-order valence-electron chi connectivity index (χ2n) is 10.5. The van der Waals surface area contributed by atoms with Gasteiger partial charge in [0.1, 0.15) is 6.29 Å². The fourth-order valence-electron chi connectivity index (χ4n) is 5.40. The average molecular weight is 477 g/mol. The summed E-state index contributed by atoms with van der Waals surface area (Å²) in [4.78, 5) is 10.7. The summed E-state index contributed by atoms with van der Waals surface area (Å²) >= 11 is 0.968. The van der Waals surface area contributed by atoms with Gasteiger partial charge in [-0.25, -0.2) is 0 Å². The van der Waals surface area contributed by atoms with Crippen LogP contribution in [0.5, 0.6) is 0 Å². The van der Waals surface area contributed by atoms with Crippen molar-refractivity contribution < 1.29 is 23.1 Å². The molecule has 0 aromatic heterocycles. The Balaban J connectivity index is 0.000000233. The van der Waals surface area contributed by atoms with E-state index >= 15 is 0 Å². The van der Waals surface area contributed by atoms with Crippen molar-refractivity contribution in [3.63, 3.8) is 0 Å². The Bertz CT molecular complexity index is 689. The van der Waals surface area contributed by atoms with Gasteiger partial charge in [-0.2, -0.15) is 13.2 Å². The quantitative estimate of drug-likeness (QED) is 0.377. The second kappa shape index (κ2) is 11.1. The third-order valence-electron chi connectivity index (χ3n) is 6.67. The van der Waals surface area contributed by atoms with Gasteiger partial charge in [0.25, 0.3) is 0 Å². The number of allylic oxidation sites excluding steroid dienone is 3. The van der Waals surface area contributed by atoms with Gasteiger partial charge in [-0.15, -0.1) is 0 Å². The molecule has 3 rings (SSSR count). The van der Waals surface area contributed by atoms with Gasteiger partial charge in [0, 0.05) is 16.9 Å². The van der Waals surface area contributed by atoms with E-state index in [0.29, 0.717) is 31.1 Å². The number of carbonyl (C=O) groups excluding carboxylic acids is 1. The minimum atomic E-state index is -4.33. The number of halogens is 3. The molecule has 2 bridgehead atoms. The van der Waals surface area contributed by atoms with Crippen molar-refractivity contribution in [2.45, 2.75) is 94.8 Å². The predicted octanol–water partition coefficient (Wildman–Crippen LogP) is 5.19. The van der Waals surface area contributed by atoms with Crippen LogP contribution in [0.25, 0.3) is 0 Å². The molecule has 184 valence electrons. The summed E-state index contributed by atoms with van der Waals surface area (Å²) in [7, 11) is 2.06. The first-order valence-corrected chi connectivity index (χ1v) is 12.4. The van der Waals surface area contributed by atoms with Gasteiger partial charge in [-0.05, 0) is 84.1 Å². The molecule has 3 N–H and O–H groups in total. The summed E-state index contributed by atoms with van der Waals surface area (Å²) in [6.45, 7) is 7.60. The van der Waals surface area contributed by atoms with E-state index in [-0.39, 0.29) is 0 Å². The first kappa shape index (κ1) is 27.4. The van der Waals surface area contributed by atoms with Crippen LogP contribution in [0, 0.1) is 17.8 Å². The van der Waals surface area contributed by atoms with Crippen molar-refractivity contribution in [1.82, 2.24) is 10.0 Å². The number of hydrogen-bond acceptors (Lipinski definition) is 5. The van der Waals surface area contributed by atoms with Crippen LogP contribution in [0.4, 0.5) is 13.2 Å². The van der Waals surface area contributed by atoms with Gasteiger partial charge in [0.2, 0.25) is 0 Å². The Morgan fingerprint density at radius 1 is 1.25 bits per heavy atom. The average Bonchev–Trinajstić information content (AvgIpc) is 2.91. The van der Waals surface area contributed by atoms with Gasteiger partial charge < -0.3 is 15.2 Å². The molecule has 3 aliphatic carbocycles. The monoisotopic (exact) mass is 476 g/mol. The summed E-state index contributed by atoms with van der Waals surface area (Å²) in [6, 6.07) is 0.623. The lowest BCUT2D eigenvalue weighted by Gasteiger charge is -2.49. The van der Waals surface area contributed by atoms with Gasteiger partial charge in [0.15, 0.2) is 0 Å². The molecule has 4 nitrogen and oxygen atoms in total. The lowest BCUT2D eigenvalue weighted by molar-refractivity contribution is -0.111. The summed E-state index contributed by atoms with van der Waals surface area (Å²) in [5, 5.41) is 12.9. The van der Waals surface area contributed by atoms with Crippen LogP contribution in [-0.2, 0) is 4.79 Å². The Kier molecular flexibility index (Phi) is 9.48. The zero-order valence-electron chi connectivity index (χ0n) is 19.8. The van der Waals surface area contributed by atoms with E-state index < -0.39 is 28.1 Å². The van der Waals surface area contributed by atoms with Gasteiger partial charge in [-0.1, -0.05) is 37.1 Å². The maximum absolute atomic E-state index is 12.9. The largest absolute Gasteiger partial charge is 0.413 e. The van der Waals surface area contributed by atoms with Crippen LogP contribution < -0.4 is 10.0 Å². The van der Waals surface area contributed by atoms with E-state index in [0.717, 1.165) is 42.7 Å². The SMILES string of the molecule is CC(C)(C=O)NSC1CCC=CC=C1C(F)(F)F.CNC1C(C)CC2CC1CC(C)(O)C2. The molecule has 0 heterocycles. The second-order valence-corrected chi connectivity index (χ2v) is 11.5. The standard InChI is InChI=1S/C12H16F3NOS.C12H23NO/c1-11(2,8-17)16-18-10-7-5-3-4-6-9(10)12(13,14)15;1-8-4-9-5-10(11(8)13-3)7-12(2,14)6-9/h3-4,6,8,10,16H,5,7H2,1-2H3;8-11,13-14H,4-7H2,1-3H3. The van der Waals surface area contributed by atoms with Crippen molar-refractivity contribution in [3.05, 3.63) is 23.8 Å². The van der Waals surface area contributed by atoms with Crippen molar-refractivity contribution in [1.29, 1.82) is 0 Å². The van der Waals surface area contributed by atoms with Crippen LogP contribution in [0.2, 0.25) is 0 Å². The molecule has 0 aromatic carbocycles. The smallest absolute Gasteiger partial charge is 0.390 e. The highest BCUT2D eigenvalue weighted by Gasteiger charge is 2.44. The first-order valence-electron chi connectivity index (χ1n) is 11.5. The molecule has 32 heavy (non-hydrogen) atoms. The number of aldehydes is 1. The summed E-state index contributed by atoms with van der Waals surface area (Å²) in [5.41, 5.74) is -1.79. The molecule has 0 aliphatic heterocycles. The van der Waals surface area contributed by atoms with Crippen molar-refractivity contribution in [3.8, 4) is 0 Å². The third kappa shape index (κ3) is 7.89. The Morgan fingerprint density at radius 2 is 1.94 bits per heavy atom. The molecule has 6 unspecified atom stereocenters. The normalized spacial score (nSPS) is 35.3. The Morgan fingerprint density at radius 3 is 2.53 bits per heavy atom. The highest BCUT2D eigenvalue weighted by molar-refractivity contribution is 7.98. The molecule has 2 saturated carbocycles. The topological polar surface area (TPSA) is 61.4 Å². The number of carbonyl (C=O) groups is 1. The van der Waals surface area contributed by atoms with E-state index in [9.17, 15) is 23.1 Å². The maximum Gasteiger partial charge on any atom is 0.413 e. The van der Waals surface area contributed by atoms with Crippen LogP contribution in [0.15, 0.2) is 23.8 Å². The predicted molar refractivity (Wildman–Crippen MR) is 125 cm³/mol. The number of rotatable bonds is 5. The van der Waals surface area contributed by atoms with Crippen molar-refractivity contribution in [2.24, 2.45) is 17.8 Å². The summed E-state index contributed by atoms with van der Waals surface area (Å²) < 4.78 is 41.4. The fourth-order valence-corrected chi connectivity index (χ4v) is 6.49. The van der Waals surface area contributed by atoms with Gasteiger partial charge in [0.05, 0.1) is 11.1 Å². The fraction of sp³-hybridized carbons (Fsp3) is 0.792. The molecule has 0 spiro atoms. The minimum Gasteiger partial charge on any atom is -0.390 e. The molecule has 0 radical (unpaired) electrons. The molecule has 0 amide bonds. The Labute approximate surface area is 195 Å². The van der Waals surface area contributed by atoms with Gasteiger partial charge >= 0.3 is 6.18 Å². The van der Waals surface area contributed by atoms with Crippen LogP contribution in [0.3, 0.4) is 0 Å². The third-order valence-corrected chi connectivity index (χ3v) is 8.08. The lowest BCUT2D eigenvalue weighted by Crippen LogP contribution is -2.51. The van der Waals surface area contributed by atoms with E-state index in [2.05, 4.69) is 24.0 Å². The lowest BCUT2D eigenvalue weighted by atomic mass is 9.61. The molecule has 8 heteroatoms. The zero-order chi connectivity index (χ0) is 24.2.